The van der Waals surface area contributed by atoms with Crippen LogP contribution >= 0.6 is 0 Å². The summed E-state index contributed by atoms with van der Waals surface area (Å²) in [4.78, 5) is 25.3. The third-order valence-electron chi connectivity index (χ3n) is 10.6. The van der Waals surface area contributed by atoms with Gasteiger partial charge >= 0.3 is 11.9 Å². The quantitative estimate of drug-likeness (QED) is 0.0348. The Morgan fingerprint density at radius 3 is 1.17 bits per heavy atom. The predicted octanol–water partition coefficient (Wildman–Crippen LogP) is 16.6. The van der Waals surface area contributed by atoms with Crippen molar-refractivity contribution < 1.29 is 23.8 Å². The Balaban J connectivity index is 4.31. The topological polar surface area (TPSA) is 61.8 Å². The normalized spacial score (nSPS) is 12.7. The molecule has 0 N–H and O–H groups in total. The summed E-state index contributed by atoms with van der Waals surface area (Å²) in [5.41, 5.74) is 0. The molecule has 0 aliphatic rings. The van der Waals surface area contributed by atoms with Gasteiger partial charge in [0.25, 0.3) is 0 Å². The molecule has 0 aromatic carbocycles. The molecular formula is C53H94O5. The minimum atomic E-state index is -0.585. The minimum Gasteiger partial charge on any atom is -0.462 e. The largest absolute Gasteiger partial charge is 0.462 e. The number of rotatable bonds is 45. The van der Waals surface area contributed by atoms with Gasteiger partial charge in [-0.05, 0) is 44.9 Å². The van der Waals surface area contributed by atoms with Gasteiger partial charge in [0.1, 0.15) is 6.61 Å². The maximum atomic E-state index is 12.7. The van der Waals surface area contributed by atoms with E-state index >= 15 is 0 Å². The van der Waals surface area contributed by atoms with Crippen LogP contribution in [0.3, 0.4) is 0 Å². The zero-order valence-electron chi connectivity index (χ0n) is 38.6. The van der Waals surface area contributed by atoms with E-state index in [-0.39, 0.29) is 31.6 Å². The molecule has 0 spiro atoms. The Labute approximate surface area is 360 Å². The third-order valence-corrected chi connectivity index (χ3v) is 10.6. The Bertz CT molecular complexity index is 1010. The molecule has 5 heteroatoms. The van der Waals surface area contributed by atoms with Crippen molar-refractivity contribution in [3.63, 3.8) is 0 Å². The molecule has 0 heterocycles. The molecule has 336 valence electrons. The second-order valence-electron chi connectivity index (χ2n) is 16.4. The fourth-order valence-corrected chi connectivity index (χ4v) is 6.94. The van der Waals surface area contributed by atoms with E-state index < -0.39 is 6.10 Å². The average molecular weight is 811 g/mol. The molecule has 0 aromatic heterocycles. The molecule has 0 saturated carbocycles. The minimum absolute atomic E-state index is 0.0488. The van der Waals surface area contributed by atoms with E-state index in [9.17, 15) is 9.59 Å². The SMILES string of the molecule is CC/C=C\C/C=C\C/C=C\C/C=C\C/C=C\CC(=O)OC(COCCCCCCCCCCCC)COC(=O)CCCCCCCCCCCCCCCCCCC. The van der Waals surface area contributed by atoms with Crippen molar-refractivity contribution >= 4 is 11.9 Å². The average Bonchev–Trinajstić information content (AvgIpc) is 3.22. The standard InChI is InChI=1S/C53H94O5/c1-4-7-10-13-16-19-22-24-26-27-29-30-32-34-37-40-43-46-52(54)57-50-51(49-56-48-45-42-39-36-21-18-15-12-9-6-3)58-53(55)47-44-41-38-35-33-31-28-25-23-20-17-14-11-8-5-2/h8,11,17,20,25,28,33,35,41,44,51H,4-7,9-10,12-16,18-19,21-24,26-27,29-32,34,36-40,42-43,45-50H2,1-3H3/b11-8-,20-17-,28-25-,35-33-,44-41-. The Hall–Kier alpha value is -2.40. The van der Waals surface area contributed by atoms with E-state index in [0.29, 0.717) is 13.0 Å². The smallest absolute Gasteiger partial charge is 0.310 e. The highest BCUT2D eigenvalue weighted by Crippen LogP contribution is 2.15. The molecular weight excluding hydrogens is 717 g/mol. The summed E-state index contributed by atoms with van der Waals surface area (Å²) in [5, 5.41) is 0. The lowest BCUT2D eigenvalue weighted by Crippen LogP contribution is -2.29. The van der Waals surface area contributed by atoms with E-state index in [1.54, 1.807) is 0 Å². The van der Waals surface area contributed by atoms with E-state index in [1.807, 2.05) is 12.2 Å². The van der Waals surface area contributed by atoms with Gasteiger partial charge in [-0.2, -0.15) is 0 Å². The molecule has 58 heavy (non-hydrogen) atoms. The number of esters is 2. The van der Waals surface area contributed by atoms with Gasteiger partial charge in [-0.1, -0.05) is 242 Å². The monoisotopic (exact) mass is 811 g/mol. The summed E-state index contributed by atoms with van der Waals surface area (Å²) in [5.74, 6) is -0.535. The van der Waals surface area contributed by atoms with Crippen LogP contribution in [-0.2, 0) is 23.8 Å². The summed E-state index contributed by atoms with van der Waals surface area (Å²) < 4.78 is 17.2. The summed E-state index contributed by atoms with van der Waals surface area (Å²) in [6, 6.07) is 0. The van der Waals surface area contributed by atoms with Gasteiger partial charge in [-0.3, -0.25) is 9.59 Å². The summed E-state index contributed by atoms with van der Waals surface area (Å²) in [7, 11) is 0. The van der Waals surface area contributed by atoms with Gasteiger partial charge in [0.05, 0.1) is 13.0 Å². The van der Waals surface area contributed by atoms with Crippen LogP contribution in [0.5, 0.6) is 0 Å². The number of allylic oxidation sites excluding steroid dienone is 9. The lowest BCUT2D eigenvalue weighted by molar-refractivity contribution is -0.162. The van der Waals surface area contributed by atoms with Crippen LogP contribution in [0.4, 0.5) is 0 Å². The fraction of sp³-hybridized carbons (Fsp3) is 0.774. The number of unbranched alkanes of at least 4 members (excludes halogenated alkanes) is 25. The van der Waals surface area contributed by atoms with Gasteiger partial charge in [0.15, 0.2) is 6.10 Å². The van der Waals surface area contributed by atoms with Gasteiger partial charge < -0.3 is 14.2 Å². The van der Waals surface area contributed by atoms with Crippen LogP contribution in [0.2, 0.25) is 0 Å². The van der Waals surface area contributed by atoms with E-state index in [4.69, 9.17) is 14.2 Å². The molecule has 1 atom stereocenters. The molecule has 0 aliphatic heterocycles. The molecule has 0 rings (SSSR count). The van der Waals surface area contributed by atoms with Crippen molar-refractivity contribution in [3.8, 4) is 0 Å². The van der Waals surface area contributed by atoms with Crippen LogP contribution in [0, 0.1) is 0 Å². The van der Waals surface area contributed by atoms with Crippen molar-refractivity contribution in [3.05, 3.63) is 60.8 Å². The number of ether oxygens (including phenoxy) is 3. The zero-order valence-corrected chi connectivity index (χ0v) is 38.6. The molecule has 0 radical (unpaired) electrons. The number of carbonyl (C=O) groups excluding carboxylic acids is 2. The number of hydrogen-bond donors (Lipinski definition) is 0. The lowest BCUT2D eigenvalue weighted by Gasteiger charge is -2.18. The first-order chi connectivity index (χ1) is 28.6. The molecule has 0 aromatic rings. The first-order valence-electron chi connectivity index (χ1n) is 24.8. The van der Waals surface area contributed by atoms with Gasteiger partial charge in [-0.15, -0.1) is 0 Å². The highest BCUT2D eigenvalue weighted by atomic mass is 16.6. The Morgan fingerprint density at radius 1 is 0.397 bits per heavy atom. The summed E-state index contributed by atoms with van der Waals surface area (Å²) in [6.45, 7) is 7.63. The predicted molar refractivity (Wildman–Crippen MR) is 251 cm³/mol. The molecule has 5 nitrogen and oxygen atoms in total. The highest BCUT2D eigenvalue weighted by Gasteiger charge is 2.17. The van der Waals surface area contributed by atoms with Crippen LogP contribution in [0.25, 0.3) is 0 Å². The fourth-order valence-electron chi connectivity index (χ4n) is 6.94. The molecule has 1 unspecified atom stereocenters. The first-order valence-corrected chi connectivity index (χ1v) is 24.8. The lowest BCUT2D eigenvalue weighted by atomic mass is 10.0. The third kappa shape index (κ3) is 46.3. The Morgan fingerprint density at radius 2 is 0.759 bits per heavy atom. The van der Waals surface area contributed by atoms with Crippen LogP contribution in [-0.4, -0.2) is 37.9 Å². The van der Waals surface area contributed by atoms with Crippen molar-refractivity contribution in [2.45, 2.75) is 245 Å². The van der Waals surface area contributed by atoms with Crippen molar-refractivity contribution in [1.82, 2.24) is 0 Å². The van der Waals surface area contributed by atoms with Gasteiger partial charge in [0.2, 0.25) is 0 Å². The van der Waals surface area contributed by atoms with Crippen molar-refractivity contribution in [1.29, 1.82) is 0 Å². The highest BCUT2D eigenvalue weighted by molar-refractivity contribution is 5.71. The summed E-state index contributed by atoms with van der Waals surface area (Å²) >= 11 is 0. The Kier molecular flexibility index (Phi) is 46.9. The van der Waals surface area contributed by atoms with E-state index in [2.05, 4.69) is 69.4 Å². The molecule has 0 amide bonds. The van der Waals surface area contributed by atoms with Crippen LogP contribution in [0.1, 0.15) is 239 Å². The number of hydrogen-bond acceptors (Lipinski definition) is 5. The number of carbonyl (C=O) groups is 2. The second-order valence-corrected chi connectivity index (χ2v) is 16.4. The first kappa shape index (κ1) is 55.6. The van der Waals surface area contributed by atoms with Crippen LogP contribution < -0.4 is 0 Å². The molecule has 0 saturated heterocycles. The second kappa shape index (κ2) is 49.0. The van der Waals surface area contributed by atoms with Gasteiger partial charge in [0, 0.05) is 13.0 Å². The summed E-state index contributed by atoms with van der Waals surface area (Å²) in [6.07, 6.45) is 61.1. The maximum Gasteiger partial charge on any atom is 0.310 e. The van der Waals surface area contributed by atoms with Crippen molar-refractivity contribution in [2.75, 3.05) is 19.8 Å². The van der Waals surface area contributed by atoms with Gasteiger partial charge in [-0.25, -0.2) is 0 Å². The van der Waals surface area contributed by atoms with E-state index in [1.165, 1.54) is 148 Å². The van der Waals surface area contributed by atoms with Crippen LogP contribution in [0.15, 0.2) is 60.8 Å². The zero-order chi connectivity index (χ0) is 42.1. The maximum absolute atomic E-state index is 12.7. The molecule has 0 bridgehead atoms. The van der Waals surface area contributed by atoms with Crippen molar-refractivity contribution in [2.24, 2.45) is 0 Å². The van der Waals surface area contributed by atoms with E-state index in [0.717, 1.165) is 57.8 Å². The molecule has 0 fully saturated rings. The molecule has 0 aliphatic carbocycles.